The van der Waals surface area contributed by atoms with Crippen LogP contribution in [0.2, 0.25) is 0 Å². The first kappa shape index (κ1) is 42.3. The number of alkyl halides is 6. The molecule has 68 heavy (non-hydrogen) atoms. The molecular weight excluding hydrogens is 865 g/mol. The van der Waals surface area contributed by atoms with Crippen LogP contribution in [-0.2, 0) is 12.4 Å². The van der Waals surface area contributed by atoms with Gasteiger partial charge in [0.1, 0.15) is 0 Å². The third kappa shape index (κ3) is 6.99. The summed E-state index contributed by atoms with van der Waals surface area (Å²) in [6, 6.07) is 58.9. The summed E-state index contributed by atoms with van der Waals surface area (Å²) in [6.45, 7) is 4.13. The Morgan fingerprint density at radius 3 is 1.35 bits per heavy atom. The van der Waals surface area contributed by atoms with E-state index in [1.165, 1.54) is 6.07 Å². The van der Waals surface area contributed by atoms with Gasteiger partial charge in [0.15, 0.2) is 0 Å². The molecule has 0 fully saturated rings. The molecule has 0 saturated heterocycles. The van der Waals surface area contributed by atoms with E-state index in [2.05, 4.69) is 89.7 Å². The molecule has 330 valence electrons. The fourth-order valence-corrected chi connectivity index (χ4v) is 9.93. The van der Waals surface area contributed by atoms with Gasteiger partial charge in [-0.2, -0.15) is 31.6 Å². The van der Waals surface area contributed by atoms with E-state index in [-0.39, 0.29) is 11.6 Å². The number of fused-ring (bicyclic) bond motifs is 6. The molecule has 0 spiro atoms. The molecule has 0 N–H and O–H groups in total. The topological polar surface area (TPSA) is 33.6 Å². The maximum Gasteiger partial charge on any atom is 0.417 e. The highest BCUT2D eigenvalue weighted by molar-refractivity contribution is 6.13. The molecule has 0 aliphatic carbocycles. The Kier molecular flexibility index (Phi) is 9.90. The van der Waals surface area contributed by atoms with Crippen LogP contribution in [0.15, 0.2) is 188 Å². The first-order chi connectivity index (χ1) is 32.8. The maximum absolute atomic E-state index is 15.0. The largest absolute Gasteiger partial charge is 0.417 e. The van der Waals surface area contributed by atoms with E-state index in [1.54, 1.807) is 24.3 Å². The third-order valence-electron chi connectivity index (χ3n) is 13.1. The maximum atomic E-state index is 15.0. The minimum atomic E-state index is -5.12. The van der Waals surface area contributed by atoms with Crippen LogP contribution in [0.25, 0.3) is 99.5 Å². The van der Waals surface area contributed by atoms with Crippen LogP contribution < -0.4 is 0 Å². The van der Waals surface area contributed by atoms with Gasteiger partial charge >= 0.3 is 12.4 Å². The Balaban J connectivity index is 1.23. The van der Waals surface area contributed by atoms with Gasteiger partial charge in [-0.05, 0) is 137 Å². The molecule has 0 unspecified atom stereocenters. The van der Waals surface area contributed by atoms with Crippen LogP contribution in [0.5, 0.6) is 0 Å². The van der Waals surface area contributed by atoms with E-state index in [4.69, 9.17) is 0 Å². The first-order valence-corrected chi connectivity index (χ1v) is 21.9. The summed E-state index contributed by atoms with van der Waals surface area (Å²) in [7, 11) is 0. The van der Waals surface area contributed by atoms with Crippen molar-refractivity contribution in [2.45, 2.75) is 26.2 Å². The van der Waals surface area contributed by atoms with Gasteiger partial charge in [0.05, 0.1) is 56.2 Å². The van der Waals surface area contributed by atoms with Crippen molar-refractivity contribution in [2.75, 3.05) is 0 Å². The van der Waals surface area contributed by atoms with Crippen molar-refractivity contribution in [3.63, 3.8) is 0 Å². The minimum Gasteiger partial charge on any atom is -0.309 e. The fourth-order valence-electron chi connectivity index (χ4n) is 9.93. The number of aromatic nitrogens is 2. The van der Waals surface area contributed by atoms with Crippen molar-refractivity contribution >= 4 is 43.6 Å². The number of rotatable bonds is 6. The monoisotopic (exact) mass is 901 g/mol. The summed E-state index contributed by atoms with van der Waals surface area (Å²) in [5.74, 6) is 0. The van der Waals surface area contributed by atoms with Crippen LogP contribution in [0.4, 0.5) is 26.3 Å². The van der Waals surface area contributed by atoms with Gasteiger partial charge in [0, 0.05) is 32.7 Å². The minimum absolute atomic E-state index is 0.0470. The summed E-state index contributed by atoms with van der Waals surface area (Å²) < 4.78 is 91.0. The first-order valence-electron chi connectivity index (χ1n) is 21.9. The third-order valence-corrected chi connectivity index (χ3v) is 13.1. The van der Waals surface area contributed by atoms with Crippen molar-refractivity contribution in [1.29, 1.82) is 5.26 Å². The second kappa shape index (κ2) is 15.9. The molecule has 11 aromatic rings. The van der Waals surface area contributed by atoms with Gasteiger partial charge < -0.3 is 9.13 Å². The predicted molar refractivity (Wildman–Crippen MR) is 261 cm³/mol. The van der Waals surface area contributed by atoms with Crippen molar-refractivity contribution in [2.24, 2.45) is 0 Å². The quantitative estimate of drug-likeness (QED) is 0.153. The van der Waals surface area contributed by atoms with Crippen molar-refractivity contribution in [3.05, 3.63) is 216 Å². The Hall–Kier alpha value is -8.35. The second-order valence-electron chi connectivity index (χ2n) is 17.1. The van der Waals surface area contributed by atoms with Crippen LogP contribution in [0.1, 0.15) is 27.8 Å². The lowest BCUT2D eigenvalue weighted by molar-refractivity contribution is -0.142. The highest BCUT2D eigenvalue weighted by atomic mass is 19.4. The van der Waals surface area contributed by atoms with Gasteiger partial charge in [0.25, 0.3) is 0 Å². The molecule has 3 nitrogen and oxygen atoms in total. The zero-order valence-corrected chi connectivity index (χ0v) is 36.5. The SMILES string of the molecule is Cc1ccccc1-c1ccc2c(c1)c1ccccc1n2-c1ccc(C#N)cc1-c1cc(-c2ccc(C(F)(F)F)cc2C(F)(F)F)ccc1-n1c2ccccc2c2cc(-c3ccccc3C)ccc21. The number of nitriles is 1. The van der Waals surface area contributed by atoms with Gasteiger partial charge in [0.2, 0.25) is 0 Å². The predicted octanol–water partition coefficient (Wildman–Crippen LogP) is 17.1. The summed E-state index contributed by atoms with van der Waals surface area (Å²) >= 11 is 0. The highest BCUT2D eigenvalue weighted by Gasteiger charge is 2.38. The zero-order chi connectivity index (χ0) is 47.1. The molecule has 2 aromatic heterocycles. The van der Waals surface area contributed by atoms with Crippen LogP contribution in [-0.4, -0.2) is 9.13 Å². The van der Waals surface area contributed by atoms with E-state index in [0.717, 1.165) is 83.1 Å². The van der Waals surface area contributed by atoms with E-state index < -0.39 is 29.0 Å². The van der Waals surface area contributed by atoms with E-state index in [9.17, 15) is 31.6 Å². The number of halogens is 6. The Morgan fingerprint density at radius 2 is 0.838 bits per heavy atom. The van der Waals surface area contributed by atoms with Gasteiger partial charge in [-0.25, -0.2) is 0 Å². The van der Waals surface area contributed by atoms with E-state index in [0.29, 0.717) is 34.1 Å². The van der Waals surface area contributed by atoms with Crippen LogP contribution in [0.3, 0.4) is 0 Å². The lowest BCUT2D eigenvalue weighted by atomic mass is 9.92. The smallest absolute Gasteiger partial charge is 0.309 e. The lowest BCUT2D eigenvalue weighted by Gasteiger charge is -2.21. The number of benzene rings is 9. The van der Waals surface area contributed by atoms with E-state index >= 15 is 0 Å². The number of hydrogen-bond donors (Lipinski definition) is 0. The molecule has 0 atom stereocenters. The Labute approximate surface area is 387 Å². The highest BCUT2D eigenvalue weighted by Crippen LogP contribution is 2.46. The average Bonchev–Trinajstić information content (AvgIpc) is 3.85. The lowest BCUT2D eigenvalue weighted by Crippen LogP contribution is -2.12. The number of nitrogens with zero attached hydrogens (tertiary/aromatic N) is 3. The standard InChI is InChI=1S/C59H37F6N3/c1-35-11-3-5-13-42(35)38-20-26-55-48(30-38)45-15-7-9-17-52(45)67(55)54-25-19-37(34-66)29-47(54)50-32-40(44-24-23-41(58(60,61)62)33-51(44)59(63,64)65)22-28-57(50)68-53-18-10-8-16-46(53)49-31-39(21-27-56(49)68)43-14-6-4-12-36(43)2/h3-33H,1-2H3. The molecule has 0 saturated carbocycles. The number of para-hydroxylation sites is 2. The zero-order valence-electron chi connectivity index (χ0n) is 36.5. The molecule has 2 heterocycles. The van der Waals surface area contributed by atoms with Crippen molar-refractivity contribution < 1.29 is 26.3 Å². The van der Waals surface area contributed by atoms with Crippen molar-refractivity contribution in [3.8, 4) is 62.0 Å². The molecule has 0 aliphatic rings. The fraction of sp³-hybridized carbons (Fsp3) is 0.0678. The van der Waals surface area contributed by atoms with Gasteiger partial charge in [-0.1, -0.05) is 109 Å². The van der Waals surface area contributed by atoms with Crippen LogP contribution >= 0.6 is 0 Å². The normalized spacial score (nSPS) is 12.1. The molecular formula is C59H37F6N3. The molecule has 0 bridgehead atoms. The molecule has 0 amide bonds. The average molecular weight is 902 g/mol. The number of hydrogen-bond acceptors (Lipinski definition) is 1. The molecule has 0 radical (unpaired) electrons. The summed E-state index contributed by atoms with van der Waals surface area (Å²) in [4.78, 5) is 0. The Morgan fingerprint density at radius 1 is 0.382 bits per heavy atom. The molecule has 9 heteroatoms. The van der Waals surface area contributed by atoms with E-state index in [1.807, 2.05) is 78.9 Å². The summed E-state index contributed by atoms with van der Waals surface area (Å²) in [6.07, 6.45) is -10.1. The number of aryl methyl sites for hydroxylation is 2. The van der Waals surface area contributed by atoms with Crippen LogP contribution in [0, 0.1) is 25.2 Å². The second-order valence-corrected chi connectivity index (χ2v) is 17.1. The summed E-state index contributed by atoms with van der Waals surface area (Å²) in [5, 5.41) is 14.3. The van der Waals surface area contributed by atoms with Crippen molar-refractivity contribution in [1.82, 2.24) is 9.13 Å². The Bertz CT molecular complexity index is 3880. The molecule has 9 aromatic carbocycles. The molecule has 11 rings (SSSR count). The van der Waals surface area contributed by atoms with Gasteiger partial charge in [-0.15, -0.1) is 0 Å². The van der Waals surface area contributed by atoms with Gasteiger partial charge in [-0.3, -0.25) is 0 Å². The summed E-state index contributed by atoms with van der Waals surface area (Å²) in [5.41, 5.74) is 9.11. The molecule has 0 aliphatic heterocycles.